The Labute approximate surface area is 81.9 Å². The molecule has 2 amide bonds. The molecule has 0 saturated heterocycles. The molecule has 5 N–H and O–H groups in total. The van der Waals surface area contributed by atoms with Gasteiger partial charge in [-0.3, -0.25) is 0 Å². The minimum absolute atomic E-state index is 0.0790. The number of aliphatic hydroxyl groups is 1. The van der Waals surface area contributed by atoms with Crippen LogP contribution in [0.1, 0.15) is 0 Å². The average Bonchev–Trinajstić information content (AvgIpc) is 2.15. The second-order valence-corrected chi connectivity index (χ2v) is 2.73. The highest BCUT2D eigenvalue weighted by atomic mass is 16.3. The maximum absolute atomic E-state index is 11.1. The molecule has 0 saturated carbocycles. The summed E-state index contributed by atoms with van der Waals surface area (Å²) in [6, 6.07) is 6.51. The predicted molar refractivity (Wildman–Crippen MR) is 55.0 cm³/mol. The van der Waals surface area contributed by atoms with Crippen LogP contribution in [0.4, 0.5) is 16.2 Å². The Morgan fingerprint density at radius 3 is 2.93 bits per heavy atom. The van der Waals surface area contributed by atoms with E-state index in [1.54, 1.807) is 24.3 Å². The highest BCUT2D eigenvalue weighted by Gasteiger charge is 1.99. The number of amides is 2. The van der Waals surface area contributed by atoms with Gasteiger partial charge in [-0.25, -0.2) is 4.79 Å². The van der Waals surface area contributed by atoms with Crippen molar-refractivity contribution in [2.75, 3.05) is 24.2 Å². The van der Waals surface area contributed by atoms with E-state index in [1.165, 1.54) is 0 Å². The summed E-state index contributed by atoms with van der Waals surface area (Å²) < 4.78 is 0. The van der Waals surface area contributed by atoms with Crippen molar-refractivity contribution in [1.82, 2.24) is 5.32 Å². The Balaban J connectivity index is 2.47. The standard InChI is InChI=1S/C9H13N3O2/c10-7-2-1-3-8(6-7)12-9(14)11-4-5-13/h1-3,6,13H,4-5,10H2,(H2,11,12,14). The first-order valence-electron chi connectivity index (χ1n) is 4.23. The lowest BCUT2D eigenvalue weighted by molar-refractivity contribution is 0.245. The zero-order valence-electron chi connectivity index (χ0n) is 7.66. The van der Waals surface area contributed by atoms with Crippen molar-refractivity contribution in [2.24, 2.45) is 0 Å². The van der Waals surface area contributed by atoms with Gasteiger partial charge in [0, 0.05) is 17.9 Å². The van der Waals surface area contributed by atoms with E-state index in [-0.39, 0.29) is 19.2 Å². The Bertz CT molecular complexity index is 315. The molecular weight excluding hydrogens is 182 g/mol. The fourth-order valence-electron chi connectivity index (χ4n) is 0.961. The first-order chi connectivity index (χ1) is 6.72. The van der Waals surface area contributed by atoms with E-state index in [0.29, 0.717) is 11.4 Å². The lowest BCUT2D eigenvalue weighted by Gasteiger charge is -2.06. The summed E-state index contributed by atoms with van der Waals surface area (Å²) in [6.07, 6.45) is 0. The molecule has 1 aromatic rings. The Kier molecular flexibility index (Phi) is 3.75. The zero-order valence-corrected chi connectivity index (χ0v) is 7.66. The van der Waals surface area contributed by atoms with Crippen molar-refractivity contribution in [3.63, 3.8) is 0 Å². The predicted octanol–water partition coefficient (Wildman–Crippen LogP) is 0.383. The van der Waals surface area contributed by atoms with Crippen LogP contribution in [0.3, 0.4) is 0 Å². The maximum atomic E-state index is 11.1. The minimum Gasteiger partial charge on any atom is -0.399 e. The topological polar surface area (TPSA) is 87.4 Å². The van der Waals surface area contributed by atoms with Crippen LogP contribution in [-0.4, -0.2) is 24.3 Å². The summed E-state index contributed by atoms with van der Waals surface area (Å²) >= 11 is 0. The first-order valence-corrected chi connectivity index (χ1v) is 4.23. The summed E-state index contributed by atoms with van der Waals surface area (Å²) in [5.74, 6) is 0. The van der Waals surface area contributed by atoms with E-state index in [4.69, 9.17) is 10.8 Å². The monoisotopic (exact) mass is 195 g/mol. The minimum atomic E-state index is -0.357. The quantitative estimate of drug-likeness (QED) is 0.526. The number of benzene rings is 1. The molecule has 76 valence electrons. The van der Waals surface area contributed by atoms with Gasteiger partial charge in [-0.2, -0.15) is 0 Å². The summed E-state index contributed by atoms with van der Waals surface area (Å²) in [6.45, 7) is 0.151. The highest BCUT2D eigenvalue weighted by molar-refractivity contribution is 5.89. The van der Waals surface area contributed by atoms with E-state index < -0.39 is 0 Å². The number of nitrogens with one attached hydrogen (secondary N) is 2. The fraction of sp³-hybridized carbons (Fsp3) is 0.222. The smallest absolute Gasteiger partial charge is 0.319 e. The number of carbonyl (C=O) groups excluding carboxylic acids is 1. The van der Waals surface area contributed by atoms with E-state index in [9.17, 15) is 4.79 Å². The van der Waals surface area contributed by atoms with Gasteiger partial charge in [-0.1, -0.05) is 6.07 Å². The van der Waals surface area contributed by atoms with Gasteiger partial charge in [0.05, 0.1) is 6.61 Å². The van der Waals surface area contributed by atoms with Crippen molar-refractivity contribution >= 4 is 17.4 Å². The van der Waals surface area contributed by atoms with E-state index in [1.807, 2.05) is 0 Å². The molecule has 5 heteroatoms. The van der Waals surface area contributed by atoms with Crippen LogP contribution in [0.5, 0.6) is 0 Å². The molecule has 0 aromatic heterocycles. The Hall–Kier alpha value is -1.75. The Morgan fingerprint density at radius 2 is 2.29 bits per heavy atom. The van der Waals surface area contributed by atoms with Crippen LogP contribution >= 0.6 is 0 Å². The van der Waals surface area contributed by atoms with Gasteiger partial charge in [0.25, 0.3) is 0 Å². The van der Waals surface area contributed by atoms with E-state index >= 15 is 0 Å². The SMILES string of the molecule is Nc1cccc(NC(=O)NCCO)c1. The summed E-state index contributed by atoms with van der Waals surface area (Å²) in [5.41, 5.74) is 6.74. The highest BCUT2D eigenvalue weighted by Crippen LogP contribution is 2.11. The number of urea groups is 1. The number of aliphatic hydroxyl groups excluding tert-OH is 1. The van der Waals surface area contributed by atoms with Crippen LogP contribution in [-0.2, 0) is 0 Å². The van der Waals surface area contributed by atoms with Crippen LogP contribution in [0.25, 0.3) is 0 Å². The molecule has 0 aliphatic rings. The third-order valence-electron chi connectivity index (χ3n) is 1.54. The molecule has 0 radical (unpaired) electrons. The van der Waals surface area contributed by atoms with Gasteiger partial charge in [-0.15, -0.1) is 0 Å². The molecule has 0 aliphatic heterocycles. The second kappa shape index (κ2) is 5.08. The molecule has 0 bridgehead atoms. The normalized spacial score (nSPS) is 9.50. The molecule has 5 nitrogen and oxygen atoms in total. The number of carbonyl (C=O) groups is 1. The third-order valence-corrected chi connectivity index (χ3v) is 1.54. The molecule has 0 heterocycles. The van der Waals surface area contributed by atoms with Gasteiger partial charge < -0.3 is 21.5 Å². The molecule has 14 heavy (non-hydrogen) atoms. The number of nitrogens with two attached hydrogens (primary N) is 1. The van der Waals surface area contributed by atoms with Crippen molar-refractivity contribution in [2.45, 2.75) is 0 Å². The average molecular weight is 195 g/mol. The zero-order chi connectivity index (χ0) is 10.4. The van der Waals surface area contributed by atoms with Gasteiger partial charge in [0.1, 0.15) is 0 Å². The van der Waals surface area contributed by atoms with E-state index in [2.05, 4.69) is 10.6 Å². The number of hydrogen-bond acceptors (Lipinski definition) is 3. The number of rotatable bonds is 3. The summed E-state index contributed by atoms with van der Waals surface area (Å²) in [7, 11) is 0. The maximum Gasteiger partial charge on any atom is 0.319 e. The molecule has 0 atom stereocenters. The van der Waals surface area contributed by atoms with Crippen molar-refractivity contribution < 1.29 is 9.90 Å². The van der Waals surface area contributed by atoms with Crippen LogP contribution in [0.2, 0.25) is 0 Å². The summed E-state index contributed by atoms with van der Waals surface area (Å²) in [5, 5.41) is 13.5. The number of nitrogen functional groups attached to an aromatic ring is 1. The second-order valence-electron chi connectivity index (χ2n) is 2.73. The lowest BCUT2D eigenvalue weighted by atomic mass is 10.3. The van der Waals surface area contributed by atoms with Crippen LogP contribution in [0, 0.1) is 0 Å². The van der Waals surface area contributed by atoms with Gasteiger partial charge in [0.2, 0.25) is 0 Å². The number of hydrogen-bond donors (Lipinski definition) is 4. The first kappa shape index (κ1) is 10.3. The number of anilines is 2. The van der Waals surface area contributed by atoms with Gasteiger partial charge in [0.15, 0.2) is 0 Å². The molecule has 0 unspecified atom stereocenters. The molecule has 0 spiro atoms. The van der Waals surface area contributed by atoms with Crippen LogP contribution < -0.4 is 16.4 Å². The largest absolute Gasteiger partial charge is 0.399 e. The Morgan fingerprint density at radius 1 is 1.50 bits per heavy atom. The molecule has 0 fully saturated rings. The van der Waals surface area contributed by atoms with Gasteiger partial charge >= 0.3 is 6.03 Å². The fourth-order valence-corrected chi connectivity index (χ4v) is 0.961. The van der Waals surface area contributed by atoms with Crippen molar-refractivity contribution in [3.05, 3.63) is 24.3 Å². The molecule has 1 aromatic carbocycles. The third kappa shape index (κ3) is 3.32. The molecule has 0 aliphatic carbocycles. The van der Waals surface area contributed by atoms with Crippen molar-refractivity contribution in [1.29, 1.82) is 0 Å². The van der Waals surface area contributed by atoms with Crippen LogP contribution in [0.15, 0.2) is 24.3 Å². The van der Waals surface area contributed by atoms with E-state index in [0.717, 1.165) is 0 Å². The summed E-state index contributed by atoms with van der Waals surface area (Å²) in [4.78, 5) is 11.1. The molecule has 1 rings (SSSR count). The lowest BCUT2D eigenvalue weighted by Crippen LogP contribution is -2.30. The van der Waals surface area contributed by atoms with Crippen molar-refractivity contribution in [3.8, 4) is 0 Å². The van der Waals surface area contributed by atoms with Gasteiger partial charge in [-0.05, 0) is 18.2 Å². The molecular formula is C9H13N3O2.